The number of rotatable bonds is 9. The molecule has 2 N–H and O–H groups in total. The number of hydrogen-bond donors (Lipinski definition) is 2. The van der Waals surface area contributed by atoms with Crippen molar-refractivity contribution in [2.75, 3.05) is 49.6 Å². The highest BCUT2D eigenvalue weighted by Crippen LogP contribution is 2.22. The fourth-order valence-electron chi connectivity index (χ4n) is 3.34. The molecular weight excluding hydrogens is 442 g/mol. The zero-order chi connectivity index (χ0) is 23.1. The van der Waals surface area contributed by atoms with Gasteiger partial charge in [0.1, 0.15) is 17.3 Å². The van der Waals surface area contributed by atoms with Crippen LogP contribution in [-0.2, 0) is 14.8 Å². The van der Waals surface area contributed by atoms with Gasteiger partial charge in [0.25, 0.3) is 0 Å². The van der Waals surface area contributed by atoms with Crippen LogP contribution >= 0.6 is 0 Å². The van der Waals surface area contributed by atoms with E-state index < -0.39 is 10.0 Å². The van der Waals surface area contributed by atoms with E-state index in [1.165, 1.54) is 12.1 Å². The lowest BCUT2D eigenvalue weighted by Gasteiger charge is -2.28. The van der Waals surface area contributed by atoms with Crippen LogP contribution in [0, 0.1) is 6.92 Å². The van der Waals surface area contributed by atoms with E-state index in [2.05, 4.69) is 24.9 Å². The molecule has 174 valence electrons. The van der Waals surface area contributed by atoms with Crippen molar-refractivity contribution in [3.8, 4) is 11.5 Å². The van der Waals surface area contributed by atoms with Gasteiger partial charge in [-0.25, -0.2) is 18.1 Å². The van der Waals surface area contributed by atoms with Gasteiger partial charge in [0.2, 0.25) is 16.0 Å². The highest BCUT2D eigenvalue weighted by molar-refractivity contribution is 7.89. The molecule has 0 bridgehead atoms. The van der Waals surface area contributed by atoms with E-state index in [-0.39, 0.29) is 11.4 Å². The summed E-state index contributed by atoms with van der Waals surface area (Å²) in [7, 11) is -3.65. The maximum absolute atomic E-state index is 12.6. The summed E-state index contributed by atoms with van der Waals surface area (Å²) in [5.41, 5.74) is 0.840. The number of aryl methyl sites for hydroxylation is 1. The number of aromatic nitrogens is 2. The number of benzene rings is 2. The Bertz CT molecular complexity index is 1150. The molecule has 9 nitrogen and oxygen atoms in total. The summed E-state index contributed by atoms with van der Waals surface area (Å²) in [5, 5.41) is 3.10. The molecular formula is C23H27N5O4S. The summed E-state index contributed by atoms with van der Waals surface area (Å²) in [5.74, 6) is 2.56. The number of nitrogens with zero attached hydrogens (tertiary/aromatic N) is 3. The largest absolute Gasteiger partial charge is 0.457 e. The molecule has 0 saturated carbocycles. The first kappa shape index (κ1) is 23.0. The monoisotopic (exact) mass is 469 g/mol. The number of sulfonamides is 1. The van der Waals surface area contributed by atoms with Crippen molar-refractivity contribution in [1.29, 1.82) is 0 Å². The van der Waals surface area contributed by atoms with Crippen LogP contribution < -0.4 is 19.7 Å². The third-order valence-corrected chi connectivity index (χ3v) is 6.47. The zero-order valence-corrected chi connectivity index (χ0v) is 19.2. The van der Waals surface area contributed by atoms with E-state index >= 15 is 0 Å². The summed E-state index contributed by atoms with van der Waals surface area (Å²) in [6.07, 6.45) is 0. The molecule has 33 heavy (non-hydrogen) atoms. The lowest BCUT2D eigenvalue weighted by atomic mass is 10.3. The minimum Gasteiger partial charge on any atom is -0.457 e. The van der Waals surface area contributed by atoms with E-state index in [0.717, 1.165) is 24.6 Å². The SMILES string of the molecule is Cc1cc(N2CCOCC2)nc(NCCNS(=O)(=O)c2ccc(Oc3ccccc3)cc2)n1. The van der Waals surface area contributed by atoms with Gasteiger partial charge in [0.15, 0.2) is 0 Å². The van der Waals surface area contributed by atoms with Gasteiger partial charge in [0.05, 0.1) is 18.1 Å². The molecule has 0 aliphatic carbocycles. The van der Waals surface area contributed by atoms with E-state index in [4.69, 9.17) is 9.47 Å². The summed E-state index contributed by atoms with van der Waals surface area (Å²) < 4.78 is 38.9. The summed E-state index contributed by atoms with van der Waals surface area (Å²) in [4.78, 5) is 11.3. The second-order valence-electron chi connectivity index (χ2n) is 7.50. The summed E-state index contributed by atoms with van der Waals surface area (Å²) in [6.45, 7) is 5.36. The minimum absolute atomic E-state index is 0.171. The molecule has 0 spiro atoms. The average molecular weight is 470 g/mol. The average Bonchev–Trinajstić information content (AvgIpc) is 2.83. The van der Waals surface area contributed by atoms with Crippen LogP contribution in [0.25, 0.3) is 0 Å². The van der Waals surface area contributed by atoms with Crippen LogP contribution in [0.15, 0.2) is 65.6 Å². The number of ether oxygens (including phenoxy) is 2. The van der Waals surface area contributed by atoms with Gasteiger partial charge in [0, 0.05) is 37.9 Å². The second-order valence-corrected chi connectivity index (χ2v) is 9.27. The predicted octanol–water partition coefficient (Wildman–Crippen LogP) is 2.80. The van der Waals surface area contributed by atoms with Crippen molar-refractivity contribution in [3.63, 3.8) is 0 Å². The third kappa shape index (κ3) is 6.41. The molecule has 0 unspecified atom stereocenters. The van der Waals surface area contributed by atoms with Gasteiger partial charge >= 0.3 is 0 Å². The maximum Gasteiger partial charge on any atom is 0.240 e. The summed E-state index contributed by atoms with van der Waals surface area (Å²) >= 11 is 0. The molecule has 1 aliphatic rings. The van der Waals surface area contributed by atoms with Crippen LogP contribution in [0.2, 0.25) is 0 Å². The van der Waals surface area contributed by atoms with Crippen molar-refractivity contribution in [2.45, 2.75) is 11.8 Å². The fourth-order valence-corrected chi connectivity index (χ4v) is 4.37. The molecule has 1 aliphatic heterocycles. The van der Waals surface area contributed by atoms with Crippen molar-refractivity contribution in [1.82, 2.24) is 14.7 Å². The Morgan fingerprint density at radius 2 is 1.67 bits per heavy atom. The first-order chi connectivity index (χ1) is 16.0. The smallest absolute Gasteiger partial charge is 0.240 e. The van der Waals surface area contributed by atoms with Crippen LogP contribution in [-0.4, -0.2) is 57.8 Å². The van der Waals surface area contributed by atoms with E-state index in [9.17, 15) is 8.42 Å². The number of hydrogen-bond acceptors (Lipinski definition) is 8. The van der Waals surface area contributed by atoms with E-state index in [1.54, 1.807) is 12.1 Å². The topological polar surface area (TPSA) is 106 Å². The molecule has 1 fully saturated rings. The fraction of sp³-hybridized carbons (Fsp3) is 0.304. The Labute approximate surface area is 193 Å². The van der Waals surface area contributed by atoms with Crippen LogP contribution in [0.1, 0.15) is 5.69 Å². The molecule has 2 aromatic carbocycles. The maximum atomic E-state index is 12.6. The van der Waals surface area contributed by atoms with E-state index in [1.807, 2.05) is 43.3 Å². The Balaban J connectivity index is 1.29. The molecule has 10 heteroatoms. The van der Waals surface area contributed by atoms with Gasteiger partial charge in [-0.1, -0.05) is 18.2 Å². The zero-order valence-electron chi connectivity index (χ0n) is 18.4. The Morgan fingerprint density at radius 1 is 0.970 bits per heavy atom. The molecule has 0 amide bonds. The molecule has 0 atom stereocenters. The highest BCUT2D eigenvalue weighted by atomic mass is 32.2. The van der Waals surface area contributed by atoms with Gasteiger partial charge in [-0.2, -0.15) is 4.98 Å². The first-order valence-electron chi connectivity index (χ1n) is 10.7. The Morgan fingerprint density at radius 3 is 2.39 bits per heavy atom. The van der Waals surface area contributed by atoms with Crippen molar-refractivity contribution >= 4 is 21.8 Å². The Kier molecular flexibility index (Phi) is 7.38. The molecule has 1 saturated heterocycles. The molecule has 4 rings (SSSR count). The normalized spacial score (nSPS) is 14.2. The quantitative estimate of drug-likeness (QED) is 0.461. The van der Waals surface area contributed by atoms with Gasteiger partial charge in [-0.15, -0.1) is 0 Å². The van der Waals surface area contributed by atoms with Crippen molar-refractivity contribution < 1.29 is 17.9 Å². The molecule has 2 heterocycles. The van der Waals surface area contributed by atoms with Gasteiger partial charge < -0.3 is 19.7 Å². The molecule has 1 aromatic heterocycles. The molecule has 3 aromatic rings. The second kappa shape index (κ2) is 10.6. The lowest BCUT2D eigenvalue weighted by molar-refractivity contribution is 0.122. The minimum atomic E-state index is -3.65. The standard InChI is InChI=1S/C23H27N5O4S/c1-18-17-22(28-13-15-31-16-14-28)27-23(26-18)24-11-12-25-33(29,30)21-9-7-20(8-10-21)32-19-5-3-2-4-6-19/h2-10,17,25H,11-16H2,1H3,(H,24,26,27). The van der Waals surface area contributed by atoms with Gasteiger partial charge in [-0.05, 0) is 43.3 Å². The van der Waals surface area contributed by atoms with Gasteiger partial charge in [-0.3, -0.25) is 0 Å². The van der Waals surface area contributed by atoms with Crippen LogP contribution in [0.3, 0.4) is 0 Å². The van der Waals surface area contributed by atoms with Crippen LogP contribution in [0.5, 0.6) is 11.5 Å². The predicted molar refractivity (Wildman–Crippen MR) is 126 cm³/mol. The number of anilines is 2. The van der Waals surface area contributed by atoms with Crippen molar-refractivity contribution in [3.05, 3.63) is 66.4 Å². The summed E-state index contributed by atoms with van der Waals surface area (Å²) in [6, 6.07) is 17.6. The van der Waals surface area contributed by atoms with Crippen molar-refractivity contribution in [2.24, 2.45) is 0 Å². The number of morpholine rings is 1. The lowest BCUT2D eigenvalue weighted by Crippen LogP contribution is -2.37. The number of nitrogens with one attached hydrogen (secondary N) is 2. The van der Waals surface area contributed by atoms with Crippen LogP contribution in [0.4, 0.5) is 11.8 Å². The number of para-hydroxylation sites is 1. The highest BCUT2D eigenvalue weighted by Gasteiger charge is 2.15. The molecule has 0 radical (unpaired) electrons. The Hall–Kier alpha value is -3.21. The third-order valence-electron chi connectivity index (χ3n) is 4.99. The van der Waals surface area contributed by atoms with E-state index in [0.29, 0.717) is 37.2 Å². The first-order valence-corrected chi connectivity index (χ1v) is 12.2.